The fourth-order valence-electron chi connectivity index (χ4n) is 4.91. The lowest BCUT2D eigenvalue weighted by Crippen LogP contribution is -2.44. The molecule has 0 unspecified atom stereocenters. The van der Waals surface area contributed by atoms with E-state index in [1.165, 1.54) is 7.11 Å². The van der Waals surface area contributed by atoms with Crippen molar-refractivity contribution < 1.29 is 42.4 Å². The van der Waals surface area contributed by atoms with Gasteiger partial charge < -0.3 is 24.6 Å². The number of alkyl halides is 3. The third-order valence-electron chi connectivity index (χ3n) is 6.99. The summed E-state index contributed by atoms with van der Waals surface area (Å²) in [4.78, 5) is 23.0. The summed E-state index contributed by atoms with van der Waals surface area (Å²) >= 11 is 0. The summed E-state index contributed by atoms with van der Waals surface area (Å²) in [6.45, 7) is 3.43. The number of halogens is 3. The van der Waals surface area contributed by atoms with Gasteiger partial charge in [0.05, 0.1) is 19.3 Å². The Hall–Kier alpha value is -3.89. The van der Waals surface area contributed by atoms with E-state index in [0.29, 0.717) is 17.9 Å². The van der Waals surface area contributed by atoms with Crippen molar-refractivity contribution in [3.63, 3.8) is 0 Å². The quantitative estimate of drug-likeness (QED) is 0.257. The number of nitrogens with zero attached hydrogens (tertiary/aromatic N) is 1. The van der Waals surface area contributed by atoms with Crippen LogP contribution in [0.25, 0.3) is 0 Å². The van der Waals surface area contributed by atoms with E-state index in [-0.39, 0.29) is 11.9 Å². The normalized spacial score (nSPS) is 14.5. The Morgan fingerprint density at radius 2 is 1.44 bits per heavy atom. The molecule has 1 heterocycles. The summed E-state index contributed by atoms with van der Waals surface area (Å²) in [5.74, 6) is -2.28. The van der Waals surface area contributed by atoms with Crippen LogP contribution in [0.1, 0.15) is 40.7 Å². The molecule has 3 aromatic carbocycles. The Morgan fingerprint density at radius 1 is 0.902 bits per heavy atom. The first-order chi connectivity index (χ1) is 19.6. The Labute approximate surface area is 237 Å². The summed E-state index contributed by atoms with van der Waals surface area (Å²) in [5, 5.41) is 19.1. The molecule has 0 aliphatic carbocycles. The van der Waals surface area contributed by atoms with Gasteiger partial charge in [-0.2, -0.15) is 13.2 Å². The summed E-state index contributed by atoms with van der Waals surface area (Å²) in [7, 11) is 1.37. The minimum absolute atomic E-state index is 0.158. The molecule has 0 bridgehead atoms. The van der Waals surface area contributed by atoms with E-state index in [2.05, 4.69) is 4.90 Å². The van der Waals surface area contributed by atoms with Crippen molar-refractivity contribution in [2.24, 2.45) is 5.92 Å². The van der Waals surface area contributed by atoms with E-state index in [1.54, 1.807) is 18.2 Å². The molecule has 220 valence electrons. The van der Waals surface area contributed by atoms with Crippen molar-refractivity contribution >= 4 is 11.9 Å². The molecule has 0 saturated carbocycles. The lowest BCUT2D eigenvalue weighted by Gasteiger charge is -2.42. The van der Waals surface area contributed by atoms with Gasteiger partial charge in [-0.1, -0.05) is 66.7 Å². The number of aliphatic hydroxyl groups is 1. The zero-order valence-electron chi connectivity index (χ0n) is 22.7. The number of aliphatic carboxylic acids is 1. The minimum Gasteiger partial charge on any atom is -0.494 e. The van der Waals surface area contributed by atoms with Crippen LogP contribution >= 0.6 is 0 Å². The highest BCUT2D eigenvalue weighted by atomic mass is 19.4. The largest absolute Gasteiger partial charge is 0.494 e. The summed E-state index contributed by atoms with van der Waals surface area (Å²) in [6.07, 6.45) is -2.32. The van der Waals surface area contributed by atoms with Crippen molar-refractivity contribution in [2.75, 3.05) is 33.4 Å². The van der Waals surface area contributed by atoms with Gasteiger partial charge in [0.1, 0.15) is 11.4 Å². The molecule has 1 aliphatic heterocycles. The Morgan fingerprint density at radius 3 is 1.93 bits per heavy atom. The number of esters is 1. The molecule has 41 heavy (non-hydrogen) atoms. The Balaban J connectivity index is 0.000000587. The first-order valence-electron chi connectivity index (χ1n) is 13.2. The van der Waals surface area contributed by atoms with E-state index in [0.717, 1.165) is 50.0 Å². The number of methoxy groups -OCH3 is 1. The Bertz CT molecular complexity index is 1210. The van der Waals surface area contributed by atoms with E-state index < -0.39 is 17.7 Å². The third kappa shape index (κ3) is 8.80. The topological polar surface area (TPSA) is 96.3 Å². The van der Waals surface area contributed by atoms with E-state index >= 15 is 0 Å². The summed E-state index contributed by atoms with van der Waals surface area (Å²) < 4.78 is 42.4. The van der Waals surface area contributed by atoms with Gasteiger partial charge in [0.2, 0.25) is 0 Å². The minimum atomic E-state index is -5.08. The highest BCUT2D eigenvalue weighted by Crippen LogP contribution is 2.41. The molecule has 0 aromatic heterocycles. The molecule has 10 heteroatoms. The number of carboxylic acids is 1. The average molecular weight is 574 g/mol. The molecule has 1 fully saturated rings. The number of carbonyl (C=O) groups excluding carboxylic acids is 1. The van der Waals surface area contributed by atoms with Crippen LogP contribution in [0.5, 0.6) is 5.75 Å². The van der Waals surface area contributed by atoms with Gasteiger partial charge in [-0.25, -0.2) is 9.59 Å². The highest BCUT2D eigenvalue weighted by molar-refractivity contribution is 5.89. The van der Waals surface area contributed by atoms with Crippen molar-refractivity contribution in [3.8, 4) is 5.75 Å². The standard InChI is InChI=1S/C29H33NO4.C2HF3O2/c1-33-28(31)23-10-8-15-27(22-23)34-21-9-18-30-19-16-26(17-20-30)29(32,24-11-4-2-5-12-24)25-13-6-3-7-14-25;3-2(4,5)1(6)7/h2-8,10-15,22,26,32H,9,16-21H2,1H3;(H,6,7). The molecule has 1 aliphatic rings. The SMILES string of the molecule is COC(=O)c1cccc(OCCCN2CCC(C(O)(c3ccccc3)c3ccccc3)CC2)c1.O=C(O)C(F)(F)F. The monoisotopic (exact) mass is 573 g/mol. The molecule has 3 aromatic rings. The van der Waals surface area contributed by atoms with Crippen molar-refractivity contribution in [3.05, 3.63) is 102 Å². The number of benzene rings is 3. The van der Waals surface area contributed by atoms with Crippen LogP contribution in [0, 0.1) is 5.92 Å². The Kier molecular flexibility index (Phi) is 11.3. The number of carboxylic acid groups (broad SMARTS) is 1. The van der Waals surface area contributed by atoms with Crippen LogP contribution < -0.4 is 4.74 Å². The number of hydrogen-bond donors (Lipinski definition) is 2. The molecule has 0 amide bonds. The lowest BCUT2D eigenvalue weighted by atomic mass is 9.72. The van der Waals surface area contributed by atoms with Crippen LogP contribution in [0.4, 0.5) is 13.2 Å². The van der Waals surface area contributed by atoms with Gasteiger partial charge in [-0.3, -0.25) is 0 Å². The second-order valence-corrected chi connectivity index (χ2v) is 9.64. The zero-order valence-corrected chi connectivity index (χ0v) is 22.7. The molecule has 2 N–H and O–H groups in total. The second kappa shape index (κ2) is 14.7. The number of hydrogen-bond acceptors (Lipinski definition) is 6. The van der Waals surface area contributed by atoms with Gasteiger partial charge in [-0.05, 0) is 67.6 Å². The van der Waals surface area contributed by atoms with Crippen molar-refractivity contribution in [1.82, 2.24) is 4.90 Å². The number of likely N-dealkylation sites (tertiary alicyclic amines) is 1. The van der Waals surface area contributed by atoms with Gasteiger partial charge in [0.25, 0.3) is 0 Å². The number of ether oxygens (including phenoxy) is 2. The van der Waals surface area contributed by atoms with Gasteiger partial charge in [-0.15, -0.1) is 0 Å². The van der Waals surface area contributed by atoms with Gasteiger partial charge in [0, 0.05) is 6.54 Å². The molecule has 4 rings (SSSR count). The predicted octanol–water partition coefficient (Wildman–Crippen LogP) is 5.52. The average Bonchev–Trinajstić information content (AvgIpc) is 2.99. The first kappa shape index (κ1) is 31.6. The van der Waals surface area contributed by atoms with Crippen LogP contribution in [0.3, 0.4) is 0 Å². The molecule has 0 atom stereocenters. The molecular weight excluding hydrogens is 539 g/mol. The molecule has 1 saturated heterocycles. The zero-order chi connectivity index (χ0) is 29.9. The van der Waals surface area contributed by atoms with Gasteiger partial charge >= 0.3 is 18.1 Å². The molecule has 7 nitrogen and oxygen atoms in total. The van der Waals surface area contributed by atoms with E-state index in [4.69, 9.17) is 19.4 Å². The van der Waals surface area contributed by atoms with E-state index in [9.17, 15) is 23.1 Å². The number of piperidine rings is 1. The molecular formula is C31H34F3NO6. The first-order valence-corrected chi connectivity index (χ1v) is 13.2. The maximum absolute atomic E-state index is 12.0. The maximum Gasteiger partial charge on any atom is 0.490 e. The van der Waals surface area contributed by atoms with Crippen LogP contribution in [0.2, 0.25) is 0 Å². The lowest BCUT2D eigenvalue weighted by molar-refractivity contribution is -0.192. The van der Waals surface area contributed by atoms with E-state index in [1.807, 2.05) is 66.7 Å². The second-order valence-electron chi connectivity index (χ2n) is 9.64. The van der Waals surface area contributed by atoms with Crippen molar-refractivity contribution in [1.29, 1.82) is 0 Å². The summed E-state index contributed by atoms with van der Waals surface area (Å²) in [5.41, 5.74) is 1.43. The highest BCUT2D eigenvalue weighted by Gasteiger charge is 2.41. The number of rotatable bonds is 9. The third-order valence-corrected chi connectivity index (χ3v) is 6.99. The van der Waals surface area contributed by atoms with Crippen LogP contribution in [0.15, 0.2) is 84.9 Å². The van der Waals surface area contributed by atoms with Crippen molar-refractivity contribution in [2.45, 2.75) is 31.0 Å². The maximum atomic E-state index is 12.0. The fraction of sp³-hybridized carbons (Fsp3) is 0.355. The number of carbonyl (C=O) groups is 2. The smallest absolute Gasteiger partial charge is 0.490 e. The van der Waals surface area contributed by atoms with Crippen LogP contribution in [-0.4, -0.2) is 66.6 Å². The molecule has 0 spiro atoms. The molecule has 0 radical (unpaired) electrons. The predicted molar refractivity (Wildman–Crippen MR) is 147 cm³/mol. The fourth-order valence-corrected chi connectivity index (χ4v) is 4.91. The van der Waals surface area contributed by atoms with Crippen LogP contribution in [-0.2, 0) is 15.1 Å². The van der Waals surface area contributed by atoms with Gasteiger partial charge in [0.15, 0.2) is 0 Å². The summed E-state index contributed by atoms with van der Waals surface area (Å²) in [6, 6.07) is 27.2.